The van der Waals surface area contributed by atoms with Crippen LogP contribution in [0.1, 0.15) is 38.7 Å². The number of nitrogens with zero attached hydrogens (tertiary/aromatic N) is 1. The van der Waals surface area contributed by atoms with Crippen LogP contribution < -0.4 is 10.1 Å². The van der Waals surface area contributed by atoms with Crippen LogP contribution in [0.25, 0.3) is 0 Å². The molecule has 0 bridgehead atoms. The molecular weight excluding hydrogens is 264 g/mol. The molecule has 1 atom stereocenters. The molecule has 1 unspecified atom stereocenters. The fourth-order valence-electron chi connectivity index (χ4n) is 2.24. The number of ether oxygens (including phenoxy) is 2. The standard InChI is InChI=1S/C17H26N2O2/c1-4-19-17(2,14-18)10-5-6-11-21-16-9-7-8-15(12-16)13-20-3/h7-9,12,19H,4-6,10-11,13H2,1-3H3. The number of rotatable bonds is 10. The zero-order valence-electron chi connectivity index (χ0n) is 13.3. The molecule has 0 radical (unpaired) electrons. The van der Waals surface area contributed by atoms with Gasteiger partial charge in [-0.1, -0.05) is 19.1 Å². The first-order chi connectivity index (χ1) is 10.1. The molecule has 1 aromatic rings. The van der Waals surface area contributed by atoms with E-state index in [0.717, 1.165) is 37.1 Å². The molecule has 1 rings (SSSR count). The Bertz CT molecular complexity index is 456. The van der Waals surface area contributed by atoms with Crippen LogP contribution >= 0.6 is 0 Å². The van der Waals surface area contributed by atoms with Gasteiger partial charge in [-0.05, 0) is 50.4 Å². The van der Waals surface area contributed by atoms with Crippen LogP contribution in [0.3, 0.4) is 0 Å². The maximum Gasteiger partial charge on any atom is 0.119 e. The molecule has 0 aromatic heterocycles. The first-order valence-electron chi connectivity index (χ1n) is 7.50. The second-order valence-electron chi connectivity index (χ2n) is 5.36. The van der Waals surface area contributed by atoms with Gasteiger partial charge in [-0.15, -0.1) is 0 Å². The van der Waals surface area contributed by atoms with Crippen LogP contribution in [0, 0.1) is 11.3 Å². The van der Waals surface area contributed by atoms with Crippen LogP contribution in [0.2, 0.25) is 0 Å². The number of hydrogen-bond donors (Lipinski definition) is 1. The zero-order valence-corrected chi connectivity index (χ0v) is 13.3. The third-order valence-corrected chi connectivity index (χ3v) is 3.36. The van der Waals surface area contributed by atoms with Crippen molar-refractivity contribution in [2.45, 2.75) is 45.3 Å². The van der Waals surface area contributed by atoms with Gasteiger partial charge in [0, 0.05) is 7.11 Å². The zero-order chi connectivity index (χ0) is 15.6. The third-order valence-electron chi connectivity index (χ3n) is 3.36. The van der Waals surface area contributed by atoms with Crippen molar-refractivity contribution in [3.05, 3.63) is 29.8 Å². The van der Waals surface area contributed by atoms with Gasteiger partial charge in [0.05, 0.1) is 19.3 Å². The minimum atomic E-state index is -0.423. The molecule has 0 aliphatic carbocycles. The Morgan fingerprint density at radius 3 is 2.81 bits per heavy atom. The highest BCUT2D eigenvalue weighted by Gasteiger charge is 2.21. The van der Waals surface area contributed by atoms with E-state index in [1.54, 1.807) is 7.11 Å². The minimum Gasteiger partial charge on any atom is -0.494 e. The second-order valence-corrected chi connectivity index (χ2v) is 5.36. The lowest BCUT2D eigenvalue weighted by molar-refractivity contribution is 0.184. The second kappa shape index (κ2) is 9.38. The van der Waals surface area contributed by atoms with Crippen molar-refractivity contribution >= 4 is 0 Å². The lowest BCUT2D eigenvalue weighted by atomic mass is 9.97. The number of hydrogen-bond acceptors (Lipinski definition) is 4. The van der Waals surface area contributed by atoms with Crippen molar-refractivity contribution in [2.75, 3.05) is 20.3 Å². The van der Waals surface area contributed by atoms with E-state index in [1.807, 2.05) is 38.1 Å². The molecule has 0 saturated heterocycles. The summed E-state index contributed by atoms with van der Waals surface area (Å²) in [6, 6.07) is 10.3. The summed E-state index contributed by atoms with van der Waals surface area (Å²) in [6.07, 6.45) is 2.75. The summed E-state index contributed by atoms with van der Waals surface area (Å²) in [5.41, 5.74) is 0.687. The van der Waals surface area contributed by atoms with Gasteiger partial charge in [0.1, 0.15) is 11.3 Å². The normalized spacial score (nSPS) is 13.4. The van der Waals surface area contributed by atoms with Gasteiger partial charge < -0.3 is 9.47 Å². The summed E-state index contributed by atoms with van der Waals surface area (Å²) in [4.78, 5) is 0. The maximum atomic E-state index is 9.18. The van der Waals surface area contributed by atoms with Gasteiger partial charge >= 0.3 is 0 Å². The van der Waals surface area contributed by atoms with Gasteiger partial charge in [0.2, 0.25) is 0 Å². The van der Waals surface area contributed by atoms with E-state index < -0.39 is 5.54 Å². The van der Waals surface area contributed by atoms with Gasteiger partial charge in [0.25, 0.3) is 0 Å². The van der Waals surface area contributed by atoms with Crippen molar-refractivity contribution in [2.24, 2.45) is 0 Å². The number of unbranched alkanes of at least 4 members (excludes halogenated alkanes) is 1. The van der Waals surface area contributed by atoms with Gasteiger partial charge in [0.15, 0.2) is 0 Å². The lowest BCUT2D eigenvalue weighted by Crippen LogP contribution is -2.40. The fourth-order valence-corrected chi connectivity index (χ4v) is 2.24. The highest BCUT2D eigenvalue weighted by atomic mass is 16.5. The molecule has 0 aliphatic heterocycles. The van der Waals surface area contributed by atoms with Crippen molar-refractivity contribution in [1.82, 2.24) is 5.32 Å². The quantitative estimate of drug-likeness (QED) is 0.672. The van der Waals surface area contributed by atoms with Crippen molar-refractivity contribution in [3.8, 4) is 11.8 Å². The summed E-state index contributed by atoms with van der Waals surface area (Å²) in [5, 5.41) is 12.4. The Morgan fingerprint density at radius 2 is 2.14 bits per heavy atom. The predicted octanol–water partition coefficient (Wildman–Crippen LogP) is 3.27. The fraction of sp³-hybridized carbons (Fsp3) is 0.588. The van der Waals surface area contributed by atoms with Crippen molar-refractivity contribution in [1.29, 1.82) is 5.26 Å². The van der Waals surface area contributed by atoms with Crippen LogP contribution in [-0.2, 0) is 11.3 Å². The maximum absolute atomic E-state index is 9.18. The molecular formula is C17H26N2O2. The van der Waals surface area contributed by atoms with Gasteiger partial charge in [-0.2, -0.15) is 5.26 Å². The van der Waals surface area contributed by atoms with E-state index in [-0.39, 0.29) is 0 Å². The molecule has 1 N–H and O–H groups in total. The summed E-state index contributed by atoms with van der Waals surface area (Å²) in [7, 11) is 1.68. The average Bonchev–Trinajstić information content (AvgIpc) is 2.48. The molecule has 4 heteroatoms. The molecule has 0 heterocycles. The third kappa shape index (κ3) is 6.61. The van der Waals surface area contributed by atoms with Gasteiger partial charge in [-0.3, -0.25) is 5.32 Å². The van der Waals surface area contributed by atoms with Crippen molar-refractivity contribution < 1.29 is 9.47 Å². The lowest BCUT2D eigenvalue weighted by Gasteiger charge is -2.22. The Labute approximate surface area is 128 Å². The molecule has 4 nitrogen and oxygen atoms in total. The number of benzene rings is 1. The Hall–Kier alpha value is -1.57. The first-order valence-corrected chi connectivity index (χ1v) is 7.50. The largest absolute Gasteiger partial charge is 0.494 e. The molecule has 21 heavy (non-hydrogen) atoms. The minimum absolute atomic E-state index is 0.423. The average molecular weight is 290 g/mol. The highest BCUT2D eigenvalue weighted by molar-refractivity contribution is 5.28. The molecule has 116 valence electrons. The Morgan fingerprint density at radius 1 is 1.33 bits per heavy atom. The molecule has 0 amide bonds. The smallest absolute Gasteiger partial charge is 0.119 e. The molecule has 0 saturated carbocycles. The van der Waals surface area contributed by atoms with Crippen LogP contribution in [0.4, 0.5) is 0 Å². The number of nitriles is 1. The topological polar surface area (TPSA) is 54.3 Å². The summed E-state index contributed by atoms with van der Waals surface area (Å²) in [5.74, 6) is 0.874. The van der Waals surface area contributed by atoms with E-state index in [2.05, 4.69) is 11.4 Å². The van der Waals surface area contributed by atoms with E-state index >= 15 is 0 Å². The Kier molecular flexibility index (Phi) is 7.81. The number of nitrogens with one attached hydrogen (secondary N) is 1. The van der Waals surface area contributed by atoms with E-state index in [0.29, 0.717) is 13.2 Å². The van der Waals surface area contributed by atoms with Crippen LogP contribution in [0.15, 0.2) is 24.3 Å². The summed E-state index contributed by atoms with van der Waals surface area (Å²) in [6.45, 7) is 6.05. The van der Waals surface area contributed by atoms with E-state index in [1.165, 1.54) is 0 Å². The highest BCUT2D eigenvalue weighted by Crippen LogP contribution is 2.16. The molecule has 1 aromatic carbocycles. The summed E-state index contributed by atoms with van der Waals surface area (Å²) < 4.78 is 10.8. The number of methoxy groups -OCH3 is 1. The first kappa shape index (κ1) is 17.5. The van der Waals surface area contributed by atoms with E-state index in [9.17, 15) is 5.26 Å². The molecule has 0 fully saturated rings. The molecule has 0 spiro atoms. The summed E-state index contributed by atoms with van der Waals surface area (Å²) >= 11 is 0. The SMILES string of the molecule is CCNC(C)(C#N)CCCCOc1cccc(COC)c1. The van der Waals surface area contributed by atoms with Gasteiger partial charge in [-0.25, -0.2) is 0 Å². The van der Waals surface area contributed by atoms with Crippen LogP contribution in [-0.4, -0.2) is 25.8 Å². The Balaban J connectivity index is 2.28. The van der Waals surface area contributed by atoms with Crippen molar-refractivity contribution in [3.63, 3.8) is 0 Å². The van der Waals surface area contributed by atoms with Crippen LogP contribution in [0.5, 0.6) is 5.75 Å². The van der Waals surface area contributed by atoms with E-state index in [4.69, 9.17) is 9.47 Å². The predicted molar refractivity (Wildman–Crippen MR) is 84.2 cm³/mol. The monoisotopic (exact) mass is 290 g/mol. The molecule has 0 aliphatic rings.